The fraction of sp³-hybridized carbons (Fsp3) is 0.444. The topological polar surface area (TPSA) is 49.0 Å². The molecule has 120 valence electrons. The van der Waals surface area contributed by atoms with Gasteiger partial charge in [-0.25, -0.2) is 0 Å². The first-order valence-corrected chi connectivity index (χ1v) is 8.80. The zero-order valence-electron chi connectivity index (χ0n) is 13.4. The monoisotopic (exact) mass is 373 g/mol. The molecule has 2 atom stereocenters. The average Bonchev–Trinajstić information content (AvgIpc) is 2.84. The molecule has 2 heterocycles. The Kier molecular flexibility index (Phi) is 4.45. The summed E-state index contributed by atoms with van der Waals surface area (Å²) in [6, 6.07) is 8.63. The van der Waals surface area contributed by atoms with Gasteiger partial charge in [-0.3, -0.25) is 4.79 Å². The molecule has 0 aliphatic carbocycles. The summed E-state index contributed by atoms with van der Waals surface area (Å²) in [5.74, 6) is 0.133. The van der Waals surface area contributed by atoms with Gasteiger partial charge in [0.1, 0.15) is 12.6 Å². The van der Waals surface area contributed by atoms with E-state index in [1.165, 1.54) is 6.42 Å². The van der Waals surface area contributed by atoms with E-state index in [1.807, 2.05) is 27.7 Å². The van der Waals surface area contributed by atoms with E-state index in [0.29, 0.717) is 5.56 Å². The number of aromatic nitrogens is 1. The number of rotatable bonds is 2. The second kappa shape index (κ2) is 6.37. The van der Waals surface area contributed by atoms with Gasteiger partial charge in [0.2, 0.25) is 5.91 Å². The second-order valence-electron chi connectivity index (χ2n) is 6.37. The Morgan fingerprint density at radius 3 is 2.70 bits per heavy atom. The van der Waals surface area contributed by atoms with Crippen molar-refractivity contribution in [2.75, 3.05) is 0 Å². The van der Waals surface area contributed by atoms with Crippen molar-refractivity contribution in [1.29, 1.82) is 5.26 Å². The molecule has 5 heteroatoms. The van der Waals surface area contributed by atoms with E-state index < -0.39 is 0 Å². The van der Waals surface area contributed by atoms with Gasteiger partial charge in [0.25, 0.3) is 0 Å². The lowest BCUT2D eigenvalue weighted by Gasteiger charge is -2.39. The highest BCUT2D eigenvalue weighted by atomic mass is 79.9. The van der Waals surface area contributed by atoms with Crippen molar-refractivity contribution >= 4 is 32.7 Å². The highest BCUT2D eigenvalue weighted by Gasteiger charge is 2.29. The van der Waals surface area contributed by atoms with Crippen molar-refractivity contribution in [2.24, 2.45) is 0 Å². The number of carbonyl (C=O) groups is 1. The Bertz CT molecular complexity index is 779. The number of halogens is 1. The van der Waals surface area contributed by atoms with Crippen LogP contribution in [0, 0.1) is 11.3 Å². The summed E-state index contributed by atoms with van der Waals surface area (Å²) >= 11 is 3.44. The number of benzene rings is 1. The van der Waals surface area contributed by atoms with Crippen LogP contribution in [-0.4, -0.2) is 27.5 Å². The maximum absolute atomic E-state index is 12.8. The molecule has 1 aliphatic heterocycles. The van der Waals surface area contributed by atoms with Crippen molar-refractivity contribution in [2.45, 2.75) is 51.7 Å². The molecule has 3 rings (SSSR count). The van der Waals surface area contributed by atoms with E-state index in [1.54, 1.807) is 6.20 Å². The number of likely N-dealkylation sites (tertiary alicyclic amines) is 1. The normalized spacial score (nSPS) is 21.4. The zero-order chi connectivity index (χ0) is 16.6. The minimum absolute atomic E-state index is 0.133. The van der Waals surface area contributed by atoms with Gasteiger partial charge in [0.05, 0.1) is 5.56 Å². The Hall–Kier alpha value is -1.80. The first-order chi connectivity index (χ1) is 11.0. The number of carbonyl (C=O) groups excluding carboxylic acids is 1. The van der Waals surface area contributed by atoms with Gasteiger partial charge in [-0.2, -0.15) is 5.26 Å². The molecule has 0 N–H and O–H groups in total. The van der Waals surface area contributed by atoms with Gasteiger partial charge >= 0.3 is 0 Å². The molecule has 1 amide bonds. The van der Waals surface area contributed by atoms with Crippen molar-refractivity contribution in [3.8, 4) is 6.07 Å². The minimum atomic E-state index is 0.133. The molecule has 23 heavy (non-hydrogen) atoms. The van der Waals surface area contributed by atoms with E-state index in [9.17, 15) is 10.1 Å². The molecule has 0 bridgehead atoms. The van der Waals surface area contributed by atoms with Crippen molar-refractivity contribution < 1.29 is 4.79 Å². The third-order valence-electron chi connectivity index (χ3n) is 4.75. The number of fused-ring (bicyclic) bond motifs is 1. The summed E-state index contributed by atoms with van der Waals surface area (Å²) in [6.45, 7) is 4.53. The zero-order valence-corrected chi connectivity index (χ0v) is 15.0. The largest absolute Gasteiger partial charge is 0.337 e. The molecule has 2 aromatic rings. The van der Waals surface area contributed by atoms with E-state index >= 15 is 0 Å². The first kappa shape index (κ1) is 16.1. The van der Waals surface area contributed by atoms with Gasteiger partial charge in [-0.15, -0.1) is 0 Å². The van der Waals surface area contributed by atoms with Crippen LogP contribution >= 0.6 is 15.9 Å². The van der Waals surface area contributed by atoms with Crippen LogP contribution in [0.4, 0.5) is 0 Å². The maximum Gasteiger partial charge on any atom is 0.242 e. The Morgan fingerprint density at radius 1 is 1.35 bits per heavy atom. The maximum atomic E-state index is 12.8. The van der Waals surface area contributed by atoms with Crippen LogP contribution in [0.5, 0.6) is 0 Å². The Morgan fingerprint density at radius 2 is 2.04 bits per heavy atom. The molecule has 1 aromatic carbocycles. The summed E-state index contributed by atoms with van der Waals surface area (Å²) in [5.41, 5.74) is 1.53. The minimum Gasteiger partial charge on any atom is -0.337 e. The SMILES string of the molecule is C[C@@H]1CCC[C@H](C)N1C(=O)Cn1cc(C#N)c2cc(Br)ccc21. The molecule has 0 radical (unpaired) electrons. The lowest BCUT2D eigenvalue weighted by Crippen LogP contribution is -2.48. The molecule has 4 nitrogen and oxygen atoms in total. The molecular formula is C18H20BrN3O. The standard InChI is InChI=1S/C18H20BrN3O/c1-12-4-3-5-13(2)22(12)18(23)11-21-10-14(9-20)16-8-15(19)6-7-17(16)21/h6-8,10,12-13H,3-5,11H2,1-2H3/t12-,13+. The molecule has 0 spiro atoms. The highest BCUT2D eigenvalue weighted by Crippen LogP contribution is 2.26. The summed E-state index contributed by atoms with van der Waals surface area (Å²) < 4.78 is 2.83. The number of amides is 1. The van der Waals surface area contributed by atoms with Crippen molar-refractivity contribution in [1.82, 2.24) is 9.47 Å². The third-order valence-corrected chi connectivity index (χ3v) is 5.24. The Balaban J connectivity index is 1.92. The number of piperidine rings is 1. The van der Waals surface area contributed by atoms with Crippen LogP contribution in [0.3, 0.4) is 0 Å². The summed E-state index contributed by atoms with van der Waals surface area (Å²) in [6.07, 6.45) is 5.11. The van der Waals surface area contributed by atoms with Crippen LogP contribution in [0.1, 0.15) is 38.7 Å². The van der Waals surface area contributed by atoms with Gasteiger partial charge < -0.3 is 9.47 Å². The van der Waals surface area contributed by atoms with Crippen LogP contribution in [0.15, 0.2) is 28.9 Å². The third kappa shape index (κ3) is 3.00. The molecule has 1 saturated heterocycles. The summed E-state index contributed by atoms with van der Waals surface area (Å²) in [7, 11) is 0. The van der Waals surface area contributed by atoms with E-state index in [2.05, 4.69) is 35.8 Å². The molecule has 1 aromatic heterocycles. The van der Waals surface area contributed by atoms with Crippen molar-refractivity contribution in [3.63, 3.8) is 0 Å². The predicted molar refractivity (Wildman–Crippen MR) is 94.0 cm³/mol. The number of nitriles is 1. The van der Waals surface area contributed by atoms with E-state index in [4.69, 9.17) is 0 Å². The first-order valence-electron chi connectivity index (χ1n) is 8.01. The van der Waals surface area contributed by atoms with Gasteiger partial charge in [0, 0.05) is 33.7 Å². The van der Waals surface area contributed by atoms with E-state index in [0.717, 1.165) is 28.2 Å². The van der Waals surface area contributed by atoms with Crippen LogP contribution in [0.2, 0.25) is 0 Å². The number of nitrogens with zero attached hydrogens (tertiary/aromatic N) is 3. The lowest BCUT2D eigenvalue weighted by molar-refractivity contribution is -0.137. The predicted octanol–water partition coefficient (Wildman–Crippen LogP) is 4.06. The smallest absolute Gasteiger partial charge is 0.242 e. The van der Waals surface area contributed by atoms with Crippen LogP contribution in [-0.2, 0) is 11.3 Å². The number of hydrogen-bond acceptors (Lipinski definition) is 2. The second-order valence-corrected chi connectivity index (χ2v) is 7.29. The molecule has 0 saturated carbocycles. The molecule has 1 fully saturated rings. The highest BCUT2D eigenvalue weighted by molar-refractivity contribution is 9.10. The fourth-order valence-corrected chi connectivity index (χ4v) is 3.99. The molecular weight excluding hydrogens is 354 g/mol. The number of hydrogen-bond donors (Lipinski definition) is 0. The van der Waals surface area contributed by atoms with Gasteiger partial charge in [-0.1, -0.05) is 15.9 Å². The molecule has 1 aliphatic rings. The van der Waals surface area contributed by atoms with E-state index in [-0.39, 0.29) is 24.5 Å². The van der Waals surface area contributed by atoms with Crippen LogP contribution in [0.25, 0.3) is 10.9 Å². The summed E-state index contributed by atoms with van der Waals surface area (Å²) in [5, 5.41) is 10.2. The lowest BCUT2D eigenvalue weighted by atomic mass is 9.97. The fourth-order valence-electron chi connectivity index (χ4n) is 3.63. The van der Waals surface area contributed by atoms with Gasteiger partial charge in [0.15, 0.2) is 0 Å². The quantitative estimate of drug-likeness (QED) is 0.796. The Labute approximate surface area is 144 Å². The van der Waals surface area contributed by atoms with Gasteiger partial charge in [-0.05, 0) is 51.3 Å². The van der Waals surface area contributed by atoms with Crippen molar-refractivity contribution in [3.05, 3.63) is 34.4 Å². The summed E-state index contributed by atoms with van der Waals surface area (Å²) in [4.78, 5) is 14.8. The van der Waals surface area contributed by atoms with Crippen LogP contribution < -0.4 is 0 Å². The average molecular weight is 374 g/mol. The molecule has 0 unspecified atom stereocenters.